The van der Waals surface area contributed by atoms with Crippen LogP contribution in [0.25, 0.3) is 0 Å². The lowest BCUT2D eigenvalue weighted by Crippen LogP contribution is -2.43. The molecule has 0 aromatic heterocycles. The van der Waals surface area contributed by atoms with Crippen molar-refractivity contribution in [3.8, 4) is 11.5 Å². The van der Waals surface area contributed by atoms with Crippen LogP contribution in [0.5, 0.6) is 11.5 Å². The molecule has 1 amide bonds. The number of ether oxygens (including phenoxy) is 2. The van der Waals surface area contributed by atoms with E-state index in [4.69, 9.17) is 9.47 Å². The first-order chi connectivity index (χ1) is 12.0. The summed E-state index contributed by atoms with van der Waals surface area (Å²) in [6.45, 7) is 1.81. The van der Waals surface area contributed by atoms with Crippen LogP contribution < -0.4 is 24.8 Å². The van der Waals surface area contributed by atoms with Gasteiger partial charge >= 0.3 is 0 Å². The summed E-state index contributed by atoms with van der Waals surface area (Å²) in [6.07, 6.45) is 1.88. The molecule has 1 aromatic carbocycles. The van der Waals surface area contributed by atoms with Crippen LogP contribution in [-0.2, 0) is 14.8 Å². The van der Waals surface area contributed by atoms with Gasteiger partial charge in [0.1, 0.15) is 0 Å². The number of methoxy groups -OCH3 is 2. The Morgan fingerprint density at radius 3 is 2.46 bits per heavy atom. The number of hydrogen-bond donors (Lipinski definition) is 3. The van der Waals surface area contributed by atoms with Gasteiger partial charge in [0.05, 0.1) is 19.1 Å². The van der Waals surface area contributed by atoms with Gasteiger partial charge in [0.25, 0.3) is 0 Å². The van der Waals surface area contributed by atoms with E-state index < -0.39 is 10.0 Å². The van der Waals surface area contributed by atoms with Crippen LogP contribution in [0.4, 0.5) is 0 Å². The van der Waals surface area contributed by atoms with Crippen molar-refractivity contribution in [1.29, 1.82) is 0 Å². The number of carbonyl (C=O) groups is 1. The zero-order valence-corrected chi connectivity index (χ0v) is 16.5. The second-order valence-electron chi connectivity index (χ2n) is 5.76. The maximum Gasteiger partial charge on any atom is 0.240 e. The van der Waals surface area contributed by atoms with Crippen LogP contribution in [-0.4, -0.2) is 54.2 Å². The van der Waals surface area contributed by atoms with Crippen molar-refractivity contribution < 1.29 is 22.7 Å². The molecule has 0 saturated carbocycles. The molecular formula is C16H26ClN3O5S. The van der Waals surface area contributed by atoms with E-state index in [2.05, 4.69) is 15.4 Å². The molecule has 1 aromatic rings. The van der Waals surface area contributed by atoms with Gasteiger partial charge in [0.15, 0.2) is 11.5 Å². The third-order valence-corrected chi connectivity index (χ3v) is 5.47. The lowest BCUT2D eigenvalue weighted by atomic mass is 10.1. The van der Waals surface area contributed by atoms with Crippen LogP contribution in [0.2, 0.25) is 0 Å². The van der Waals surface area contributed by atoms with E-state index in [9.17, 15) is 13.2 Å². The maximum absolute atomic E-state index is 12.3. The largest absolute Gasteiger partial charge is 0.493 e. The van der Waals surface area contributed by atoms with E-state index in [0.29, 0.717) is 11.5 Å². The Morgan fingerprint density at radius 1 is 1.19 bits per heavy atom. The zero-order valence-electron chi connectivity index (χ0n) is 14.9. The predicted octanol–water partition coefficient (Wildman–Crippen LogP) is 0.662. The SMILES string of the molecule is COc1ccc(S(=O)(=O)NCCC(=O)NC2CCNCC2)cc1OC.Cl. The van der Waals surface area contributed by atoms with Gasteiger partial charge in [-0.05, 0) is 38.1 Å². The summed E-state index contributed by atoms with van der Waals surface area (Å²) in [5.41, 5.74) is 0. The molecule has 10 heteroatoms. The molecule has 1 heterocycles. The average Bonchev–Trinajstić information content (AvgIpc) is 2.61. The summed E-state index contributed by atoms with van der Waals surface area (Å²) < 4.78 is 37.3. The van der Waals surface area contributed by atoms with Crippen LogP contribution in [0.3, 0.4) is 0 Å². The molecule has 0 radical (unpaired) electrons. The summed E-state index contributed by atoms with van der Waals surface area (Å²) in [4.78, 5) is 12.0. The van der Waals surface area contributed by atoms with Crippen molar-refractivity contribution in [2.45, 2.75) is 30.2 Å². The molecule has 0 bridgehead atoms. The summed E-state index contributed by atoms with van der Waals surface area (Å²) in [6, 6.07) is 4.50. The van der Waals surface area contributed by atoms with Gasteiger partial charge in [0.2, 0.25) is 15.9 Å². The van der Waals surface area contributed by atoms with Crippen LogP contribution in [0.1, 0.15) is 19.3 Å². The number of piperidine rings is 1. The summed E-state index contributed by atoms with van der Waals surface area (Å²) in [5.74, 6) is 0.624. The van der Waals surface area contributed by atoms with Gasteiger partial charge in [-0.15, -0.1) is 12.4 Å². The quantitative estimate of drug-likeness (QED) is 0.584. The molecule has 148 valence electrons. The number of rotatable bonds is 8. The monoisotopic (exact) mass is 407 g/mol. The van der Waals surface area contributed by atoms with Crippen molar-refractivity contribution in [3.63, 3.8) is 0 Å². The lowest BCUT2D eigenvalue weighted by molar-refractivity contribution is -0.121. The Hall–Kier alpha value is -1.55. The summed E-state index contributed by atoms with van der Waals surface area (Å²) in [7, 11) is -0.807. The Balaban J connectivity index is 0.00000338. The molecule has 26 heavy (non-hydrogen) atoms. The average molecular weight is 408 g/mol. The molecule has 1 saturated heterocycles. The second-order valence-corrected chi connectivity index (χ2v) is 7.52. The molecule has 0 unspecified atom stereocenters. The van der Waals surface area contributed by atoms with E-state index in [-0.39, 0.29) is 42.2 Å². The highest BCUT2D eigenvalue weighted by Crippen LogP contribution is 2.29. The van der Waals surface area contributed by atoms with Crippen molar-refractivity contribution in [3.05, 3.63) is 18.2 Å². The van der Waals surface area contributed by atoms with E-state index in [1.165, 1.54) is 32.4 Å². The smallest absolute Gasteiger partial charge is 0.240 e. The molecule has 0 aliphatic carbocycles. The Morgan fingerprint density at radius 2 is 1.85 bits per heavy atom. The molecule has 1 aliphatic heterocycles. The normalized spacial score (nSPS) is 15.0. The van der Waals surface area contributed by atoms with Gasteiger partial charge in [-0.2, -0.15) is 0 Å². The number of halogens is 1. The molecule has 3 N–H and O–H groups in total. The number of carbonyl (C=O) groups excluding carboxylic acids is 1. The van der Waals surface area contributed by atoms with Gasteiger partial charge in [-0.1, -0.05) is 0 Å². The first-order valence-corrected chi connectivity index (χ1v) is 9.66. The number of hydrogen-bond acceptors (Lipinski definition) is 6. The number of sulfonamides is 1. The predicted molar refractivity (Wildman–Crippen MR) is 101 cm³/mol. The standard InChI is InChI=1S/C16H25N3O5S.ClH/c1-23-14-4-3-13(11-15(14)24-2)25(21,22)18-10-7-16(20)19-12-5-8-17-9-6-12;/h3-4,11-12,17-18H,5-10H2,1-2H3,(H,19,20);1H. The van der Waals surface area contributed by atoms with Crippen LogP contribution in [0, 0.1) is 0 Å². The van der Waals surface area contributed by atoms with E-state index >= 15 is 0 Å². The second kappa shape index (κ2) is 10.6. The minimum Gasteiger partial charge on any atom is -0.493 e. The third kappa shape index (κ3) is 6.31. The van der Waals surface area contributed by atoms with E-state index in [1.807, 2.05) is 0 Å². The number of amides is 1. The lowest BCUT2D eigenvalue weighted by Gasteiger charge is -2.23. The minimum absolute atomic E-state index is 0. The van der Waals surface area contributed by atoms with Gasteiger partial charge in [0, 0.05) is 25.1 Å². The molecule has 1 aliphatic rings. The summed E-state index contributed by atoms with van der Waals surface area (Å²) in [5, 5.41) is 6.15. The Labute approximate surface area is 160 Å². The van der Waals surface area contributed by atoms with Crippen molar-refractivity contribution in [2.75, 3.05) is 33.9 Å². The maximum atomic E-state index is 12.3. The highest BCUT2D eigenvalue weighted by Gasteiger charge is 2.18. The van der Waals surface area contributed by atoms with E-state index in [1.54, 1.807) is 0 Å². The van der Waals surface area contributed by atoms with Gasteiger partial charge in [-0.3, -0.25) is 4.79 Å². The molecule has 0 atom stereocenters. The number of nitrogens with one attached hydrogen (secondary N) is 3. The van der Waals surface area contributed by atoms with Crippen molar-refractivity contribution in [2.24, 2.45) is 0 Å². The highest BCUT2D eigenvalue weighted by atomic mass is 35.5. The Kier molecular flexibility index (Phi) is 9.14. The van der Waals surface area contributed by atoms with Crippen molar-refractivity contribution >= 4 is 28.3 Å². The molecule has 1 fully saturated rings. The Bertz CT molecular complexity index is 693. The molecular weight excluding hydrogens is 382 g/mol. The van der Waals surface area contributed by atoms with Gasteiger partial charge in [-0.25, -0.2) is 13.1 Å². The number of benzene rings is 1. The molecule has 0 spiro atoms. The fraction of sp³-hybridized carbons (Fsp3) is 0.562. The first kappa shape index (κ1) is 22.5. The fourth-order valence-corrected chi connectivity index (χ4v) is 3.68. The highest BCUT2D eigenvalue weighted by molar-refractivity contribution is 7.89. The van der Waals surface area contributed by atoms with Gasteiger partial charge < -0.3 is 20.1 Å². The third-order valence-electron chi connectivity index (χ3n) is 4.01. The topological polar surface area (TPSA) is 106 Å². The summed E-state index contributed by atoms with van der Waals surface area (Å²) >= 11 is 0. The molecule has 2 rings (SSSR count). The fourth-order valence-electron chi connectivity index (χ4n) is 2.63. The van der Waals surface area contributed by atoms with Crippen LogP contribution in [0.15, 0.2) is 23.1 Å². The minimum atomic E-state index is -3.72. The zero-order chi connectivity index (χ0) is 18.3. The molecule has 8 nitrogen and oxygen atoms in total. The van der Waals surface area contributed by atoms with Crippen LogP contribution >= 0.6 is 12.4 Å². The van der Waals surface area contributed by atoms with Crippen molar-refractivity contribution in [1.82, 2.24) is 15.4 Å². The first-order valence-electron chi connectivity index (χ1n) is 8.18. The van der Waals surface area contributed by atoms with E-state index in [0.717, 1.165) is 25.9 Å².